The second-order valence-corrected chi connectivity index (χ2v) is 5.43. The smallest absolute Gasteiger partial charge is 0.314 e. The lowest BCUT2D eigenvalue weighted by Crippen LogP contribution is -2.25. The predicted molar refractivity (Wildman–Crippen MR) is 68.5 cm³/mol. The van der Waals surface area contributed by atoms with Gasteiger partial charge in [0.15, 0.2) is 0 Å². The summed E-state index contributed by atoms with van der Waals surface area (Å²) in [5.74, 6) is 1.84. The number of pyridine rings is 1. The number of nitrogens with zero attached hydrogens (tertiary/aromatic N) is 2. The molecule has 1 aromatic heterocycles. The van der Waals surface area contributed by atoms with Gasteiger partial charge in [-0.2, -0.15) is 0 Å². The first-order valence-electron chi connectivity index (χ1n) is 6.53. The first-order chi connectivity index (χ1) is 8.66. The van der Waals surface area contributed by atoms with E-state index in [1.165, 1.54) is 25.7 Å². The molecule has 2 aliphatic rings. The molecule has 2 aliphatic carbocycles. The van der Waals surface area contributed by atoms with Gasteiger partial charge in [0, 0.05) is 17.8 Å². The van der Waals surface area contributed by atoms with Crippen LogP contribution in [0.1, 0.15) is 31.2 Å². The van der Waals surface area contributed by atoms with Crippen LogP contribution in [0.25, 0.3) is 0 Å². The molecule has 5 nitrogen and oxygen atoms in total. The van der Waals surface area contributed by atoms with E-state index in [2.05, 4.69) is 10.3 Å². The molecular formula is C13H17N3O2. The van der Waals surface area contributed by atoms with E-state index in [1.807, 2.05) is 0 Å². The monoisotopic (exact) mass is 247 g/mol. The summed E-state index contributed by atoms with van der Waals surface area (Å²) in [7, 11) is 0. The highest BCUT2D eigenvalue weighted by atomic mass is 16.6. The predicted octanol–water partition coefficient (Wildman–Crippen LogP) is 2.90. The summed E-state index contributed by atoms with van der Waals surface area (Å²) in [4.78, 5) is 15.0. The number of hydrogen-bond acceptors (Lipinski definition) is 4. The highest BCUT2D eigenvalue weighted by molar-refractivity contribution is 5.60. The number of hydrogen-bond donors (Lipinski definition) is 1. The zero-order chi connectivity index (χ0) is 12.7. The van der Waals surface area contributed by atoms with E-state index in [-0.39, 0.29) is 10.6 Å². The van der Waals surface area contributed by atoms with Crippen molar-refractivity contribution in [3.63, 3.8) is 0 Å². The van der Waals surface area contributed by atoms with Crippen LogP contribution in [-0.2, 0) is 0 Å². The van der Waals surface area contributed by atoms with Crippen LogP contribution in [0.5, 0.6) is 0 Å². The first kappa shape index (κ1) is 11.4. The first-order valence-corrected chi connectivity index (χ1v) is 6.53. The van der Waals surface area contributed by atoms with Crippen LogP contribution in [0.15, 0.2) is 12.3 Å². The van der Waals surface area contributed by atoms with Crippen molar-refractivity contribution in [2.75, 3.05) is 5.32 Å². The Hall–Kier alpha value is -1.65. The zero-order valence-corrected chi connectivity index (χ0v) is 10.4. The van der Waals surface area contributed by atoms with Gasteiger partial charge in [0.25, 0.3) is 0 Å². The normalized spacial score (nSPS) is 19.0. The van der Waals surface area contributed by atoms with E-state index < -0.39 is 0 Å². The van der Waals surface area contributed by atoms with Crippen molar-refractivity contribution < 1.29 is 4.92 Å². The Kier molecular flexibility index (Phi) is 2.69. The largest absolute Gasteiger partial charge is 0.361 e. The fourth-order valence-electron chi connectivity index (χ4n) is 2.58. The summed E-state index contributed by atoms with van der Waals surface area (Å²) < 4.78 is 0. The average molecular weight is 247 g/mol. The van der Waals surface area contributed by atoms with E-state index in [0.29, 0.717) is 29.3 Å². The standard InChI is InChI=1S/C13H17N3O2/c1-8-6-7-14-13(12(8)16(17)18)15-11(9-2-3-9)10-4-5-10/h6-7,9-11H,2-5H2,1H3,(H,14,15). The van der Waals surface area contributed by atoms with Gasteiger partial charge in [0.2, 0.25) is 5.82 Å². The van der Waals surface area contributed by atoms with Crippen molar-refractivity contribution in [3.05, 3.63) is 27.9 Å². The van der Waals surface area contributed by atoms with Gasteiger partial charge in [-0.3, -0.25) is 10.1 Å². The number of rotatable bonds is 5. The fourth-order valence-corrected chi connectivity index (χ4v) is 2.58. The maximum absolute atomic E-state index is 11.1. The Labute approximate surface area is 106 Å². The molecule has 0 unspecified atom stereocenters. The van der Waals surface area contributed by atoms with E-state index in [4.69, 9.17) is 0 Å². The summed E-state index contributed by atoms with van der Waals surface area (Å²) in [6.45, 7) is 1.76. The van der Waals surface area contributed by atoms with Crippen molar-refractivity contribution in [1.82, 2.24) is 4.98 Å². The molecule has 0 amide bonds. The maximum atomic E-state index is 11.1. The van der Waals surface area contributed by atoms with Gasteiger partial charge >= 0.3 is 5.69 Å². The minimum Gasteiger partial charge on any atom is -0.361 e. The van der Waals surface area contributed by atoms with E-state index in [9.17, 15) is 10.1 Å². The molecule has 0 bridgehead atoms. The molecule has 96 valence electrons. The maximum Gasteiger partial charge on any atom is 0.314 e. The highest BCUT2D eigenvalue weighted by Gasteiger charge is 2.42. The number of aryl methyl sites for hydroxylation is 1. The SMILES string of the molecule is Cc1ccnc(NC(C2CC2)C2CC2)c1[N+](=O)[O-]. The third-order valence-electron chi connectivity index (χ3n) is 3.87. The van der Waals surface area contributed by atoms with Gasteiger partial charge < -0.3 is 5.32 Å². The van der Waals surface area contributed by atoms with Crippen LogP contribution in [0.3, 0.4) is 0 Å². The molecule has 1 N–H and O–H groups in total. The van der Waals surface area contributed by atoms with Crippen molar-refractivity contribution in [1.29, 1.82) is 0 Å². The van der Waals surface area contributed by atoms with Gasteiger partial charge in [-0.25, -0.2) is 4.98 Å². The average Bonchev–Trinajstić information content (AvgIpc) is 3.17. The minimum absolute atomic E-state index is 0.129. The van der Waals surface area contributed by atoms with E-state index in [0.717, 1.165) is 0 Å². The second kappa shape index (κ2) is 4.23. The molecule has 0 aliphatic heterocycles. The van der Waals surface area contributed by atoms with Crippen LogP contribution in [0.4, 0.5) is 11.5 Å². The second-order valence-electron chi connectivity index (χ2n) is 5.43. The number of anilines is 1. The summed E-state index contributed by atoms with van der Waals surface area (Å²) in [5.41, 5.74) is 0.798. The molecule has 1 aromatic rings. The van der Waals surface area contributed by atoms with Crippen LogP contribution in [0.2, 0.25) is 0 Å². The van der Waals surface area contributed by atoms with Gasteiger partial charge in [0.05, 0.1) is 4.92 Å². The van der Waals surface area contributed by atoms with Crippen molar-refractivity contribution in [2.45, 2.75) is 38.6 Å². The number of aromatic nitrogens is 1. The van der Waals surface area contributed by atoms with Crippen molar-refractivity contribution in [3.8, 4) is 0 Å². The minimum atomic E-state index is -0.332. The molecule has 5 heteroatoms. The number of nitrogens with one attached hydrogen (secondary N) is 1. The Bertz CT molecular complexity index is 469. The van der Waals surface area contributed by atoms with Gasteiger partial charge in [-0.15, -0.1) is 0 Å². The van der Waals surface area contributed by atoms with Crippen LogP contribution in [-0.4, -0.2) is 15.9 Å². The van der Waals surface area contributed by atoms with Crippen molar-refractivity contribution in [2.24, 2.45) is 11.8 Å². The molecule has 0 saturated heterocycles. The molecular weight excluding hydrogens is 230 g/mol. The van der Waals surface area contributed by atoms with E-state index >= 15 is 0 Å². The molecule has 3 rings (SSSR count). The van der Waals surface area contributed by atoms with Crippen LogP contribution >= 0.6 is 0 Å². The summed E-state index contributed by atoms with van der Waals surface area (Å²) in [5, 5.41) is 14.5. The number of nitro groups is 1. The third-order valence-corrected chi connectivity index (χ3v) is 3.87. The quantitative estimate of drug-likeness (QED) is 0.641. The topological polar surface area (TPSA) is 68.1 Å². The summed E-state index contributed by atoms with van der Waals surface area (Å²) in [6.07, 6.45) is 6.62. The van der Waals surface area contributed by atoms with Crippen molar-refractivity contribution >= 4 is 11.5 Å². The van der Waals surface area contributed by atoms with Gasteiger partial charge in [0.1, 0.15) is 0 Å². The highest BCUT2D eigenvalue weighted by Crippen LogP contribution is 2.46. The summed E-state index contributed by atoms with van der Waals surface area (Å²) >= 11 is 0. The van der Waals surface area contributed by atoms with Gasteiger partial charge in [-0.05, 0) is 50.5 Å². The zero-order valence-electron chi connectivity index (χ0n) is 10.4. The molecule has 18 heavy (non-hydrogen) atoms. The Morgan fingerprint density at radius 3 is 2.50 bits per heavy atom. The summed E-state index contributed by atoms with van der Waals surface area (Å²) in [6, 6.07) is 2.07. The molecule has 0 atom stereocenters. The molecule has 2 saturated carbocycles. The lowest BCUT2D eigenvalue weighted by atomic mass is 10.1. The van der Waals surface area contributed by atoms with Gasteiger partial charge in [-0.1, -0.05) is 0 Å². The fraction of sp³-hybridized carbons (Fsp3) is 0.615. The lowest BCUT2D eigenvalue weighted by Gasteiger charge is -2.18. The molecule has 0 radical (unpaired) electrons. The Balaban J connectivity index is 1.86. The molecule has 1 heterocycles. The molecule has 0 spiro atoms. The third kappa shape index (κ3) is 2.17. The Morgan fingerprint density at radius 2 is 2.00 bits per heavy atom. The van der Waals surface area contributed by atoms with Crippen LogP contribution < -0.4 is 5.32 Å². The molecule has 0 aromatic carbocycles. The Morgan fingerprint density at radius 1 is 1.39 bits per heavy atom. The van der Waals surface area contributed by atoms with Crippen LogP contribution in [0, 0.1) is 28.9 Å². The lowest BCUT2D eigenvalue weighted by molar-refractivity contribution is -0.384. The van der Waals surface area contributed by atoms with E-state index in [1.54, 1.807) is 19.2 Å². The molecule has 2 fully saturated rings.